The summed E-state index contributed by atoms with van der Waals surface area (Å²) in [6.45, 7) is 0.167. The molecule has 0 bridgehead atoms. The fraction of sp³-hybridized carbons (Fsp3) is 1.00. The van der Waals surface area contributed by atoms with Crippen molar-refractivity contribution in [2.45, 2.75) is 61.7 Å². The number of nitrogens with one attached hydrogen (secondary N) is 1. The Bertz CT molecular complexity index is 443. The average molecular weight is 413 g/mol. The summed E-state index contributed by atoms with van der Waals surface area (Å²) in [5, 5.41) is 69.9. The van der Waals surface area contributed by atoms with Gasteiger partial charge in [0.25, 0.3) is 0 Å². The molecule has 0 aromatic heterocycles. The van der Waals surface area contributed by atoms with Gasteiger partial charge in [-0.3, -0.25) is 0 Å². The summed E-state index contributed by atoms with van der Waals surface area (Å²) in [5.74, 6) is 0. The highest BCUT2D eigenvalue weighted by atomic mass is 16.7. The van der Waals surface area contributed by atoms with Gasteiger partial charge in [0.1, 0.15) is 30.5 Å². The van der Waals surface area contributed by atoms with Crippen molar-refractivity contribution in [2.75, 3.05) is 39.5 Å². The number of rotatable bonds is 10. The van der Waals surface area contributed by atoms with Gasteiger partial charge in [0.05, 0.1) is 38.6 Å². The maximum absolute atomic E-state index is 9.84. The average Bonchev–Trinajstić information content (AvgIpc) is 2.69. The minimum Gasteiger partial charge on any atom is -0.394 e. The van der Waals surface area contributed by atoms with Crippen LogP contribution in [0.1, 0.15) is 6.42 Å². The predicted octanol–water partition coefficient (Wildman–Crippen LogP) is -4.76. The normalized spacial score (nSPS) is 41.9. The molecule has 9 atom stereocenters. The Morgan fingerprint density at radius 2 is 1.36 bits per heavy atom. The number of hydrogen-bond acceptors (Lipinski definition) is 12. The third-order valence-electron chi connectivity index (χ3n) is 4.68. The first-order chi connectivity index (χ1) is 13.4. The van der Waals surface area contributed by atoms with E-state index in [-0.39, 0.29) is 26.2 Å². The third kappa shape index (κ3) is 6.26. The second kappa shape index (κ2) is 11.6. The minimum absolute atomic E-state index is 0.108. The highest BCUT2D eigenvalue weighted by Crippen LogP contribution is 2.22. The van der Waals surface area contributed by atoms with Gasteiger partial charge in [0.2, 0.25) is 0 Å². The van der Waals surface area contributed by atoms with Crippen LogP contribution in [0.25, 0.3) is 0 Å². The van der Waals surface area contributed by atoms with Gasteiger partial charge in [-0.1, -0.05) is 0 Å². The second-order valence-corrected chi connectivity index (χ2v) is 6.79. The van der Waals surface area contributed by atoms with E-state index in [1.54, 1.807) is 0 Å². The number of aliphatic hydroxyl groups is 7. The third-order valence-corrected chi connectivity index (χ3v) is 4.68. The predicted molar refractivity (Wildman–Crippen MR) is 90.9 cm³/mol. The molecule has 0 radical (unpaired) electrons. The van der Waals surface area contributed by atoms with E-state index in [0.717, 1.165) is 0 Å². The molecule has 2 rings (SSSR count). The topological polar surface area (TPSA) is 191 Å². The molecule has 0 aromatic carbocycles. The van der Waals surface area contributed by atoms with Gasteiger partial charge in [0.15, 0.2) is 12.6 Å². The number of hydrogen-bond donors (Lipinski definition) is 8. The number of ether oxygens (including phenoxy) is 4. The quantitative estimate of drug-likeness (QED) is 0.160. The zero-order chi connectivity index (χ0) is 20.7. The van der Waals surface area contributed by atoms with Crippen LogP contribution in [0.2, 0.25) is 0 Å². The highest BCUT2D eigenvalue weighted by Gasteiger charge is 2.44. The Kier molecular flexibility index (Phi) is 9.89. The zero-order valence-corrected chi connectivity index (χ0v) is 15.4. The summed E-state index contributed by atoms with van der Waals surface area (Å²) >= 11 is 0. The van der Waals surface area contributed by atoms with Crippen LogP contribution in [-0.4, -0.2) is 131 Å². The maximum atomic E-state index is 9.84. The van der Waals surface area contributed by atoms with E-state index in [1.807, 2.05) is 0 Å². The summed E-state index contributed by atoms with van der Waals surface area (Å²) in [7, 11) is 0. The van der Waals surface area contributed by atoms with Crippen LogP contribution in [0.4, 0.5) is 0 Å². The first-order valence-corrected chi connectivity index (χ1v) is 9.26. The van der Waals surface area contributed by atoms with Crippen LogP contribution in [0.3, 0.4) is 0 Å². The molecule has 0 unspecified atom stereocenters. The molecule has 8 N–H and O–H groups in total. The first-order valence-electron chi connectivity index (χ1n) is 9.26. The fourth-order valence-corrected chi connectivity index (χ4v) is 3.00. The van der Waals surface area contributed by atoms with E-state index >= 15 is 0 Å². The molecule has 2 aliphatic rings. The van der Waals surface area contributed by atoms with Crippen LogP contribution in [0, 0.1) is 0 Å². The molecule has 28 heavy (non-hydrogen) atoms. The Hall–Kier alpha value is -0.480. The molecule has 0 saturated carbocycles. The summed E-state index contributed by atoms with van der Waals surface area (Å²) in [6.07, 6.45) is -10.3. The summed E-state index contributed by atoms with van der Waals surface area (Å²) in [4.78, 5) is 0. The van der Waals surface area contributed by atoms with Gasteiger partial charge in [-0.2, -0.15) is 0 Å². The monoisotopic (exact) mass is 413 g/mol. The smallest absolute Gasteiger partial charge is 0.186 e. The lowest BCUT2D eigenvalue weighted by Crippen LogP contribution is -2.59. The zero-order valence-electron chi connectivity index (χ0n) is 15.4. The summed E-state index contributed by atoms with van der Waals surface area (Å²) in [5.41, 5.74) is 0. The van der Waals surface area contributed by atoms with Crippen molar-refractivity contribution < 1.29 is 54.7 Å². The summed E-state index contributed by atoms with van der Waals surface area (Å²) < 4.78 is 21.2. The van der Waals surface area contributed by atoms with Crippen LogP contribution in [-0.2, 0) is 18.9 Å². The molecule has 0 aromatic rings. The largest absolute Gasteiger partial charge is 0.394 e. The lowest BCUT2D eigenvalue weighted by Gasteiger charge is -2.39. The molecule has 2 heterocycles. The van der Waals surface area contributed by atoms with Gasteiger partial charge in [-0.05, 0) is 0 Å². The van der Waals surface area contributed by atoms with Gasteiger partial charge < -0.3 is 60.0 Å². The van der Waals surface area contributed by atoms with Crippen molar-refractivity contribution in [1.29, 1.82) is 0 Å². The lowest BCUT2D eigenvalue weighted by atomic mass is 9.99. The Labute approximate surface area is 162 Å². The van der Waals surface area contributed by atoms with Crippen molar-refractivity contribution in [2.24, 2.45) is 0 Å². The molecular weight excluding hydrogens is 382 g/mol. The van der Waals surface area contributed by atoms with E-state index < -0.39 is 61.9 Å². The van der Waals surface area contributed by atoms with Crippen molar-refractivity contribution in [3.63, 3.8) is 0 Å². The minimum atomic E-state index is -1.49. The molecule has 0 aliphatic carbocycles. The molecule has 12 nitrogen and oxygen atoms in total. The van der Waals surface area contributed by atoms with E-state index in [2.05, 4.69) is 5.32 Å². The van der Waals surface area contributed by atoms with Crippen LogP contribution in [0.15, 0.2) is 0 Å². The van der Waals surface area contributed by atoms with E-state index in [0.29, 0.717) is 13.1 Å². The standard InChI is InChI=1S/C16H31NO11/c18-6-8-5-9(20)11(21)15(27-8)25-3-1-17-2-4-26-16-14(24)13(23)12(22)10(7-19)28-16/h8-24H,1-7H2/t8-,9-,10+,11-,12+,13-,14-,15-,16-/m0/s1. The molecule has 0 spiro atoms. The van der Waals surface area contributed by atoms with Crippen molar-refractivity contribution in [1.82, 2.24) is 5.32 Å². The molecule has 2 fully saturated rings. The van der Waals surface area contributed by atoms with E-state index in [1.165, 1.54) is 0 Å². The van der Waals surface area contributed by atoms with Gasteiger partial charge in [-0.25, -0.2) is 0 Å². The lowest BCUT2D eigenvalue weighted by molar-refractivity contribution is -0.300. The number of aliphatic hydroxyl groups excluding tert-OH is 7. The summed E-state index contributed by atoms with van der Waals surface area (Å²) in [6, 6.07) is 0. The van der Waals surface area contributed by atoms with Gasteiger partial charge >= 0.3 is 0 Å². The van der Waals surface area contributed by atoms with E-state index in [4.69, 9.17) is 29.2 Å². The first kappa shape index (κ1) is 23.8. The second-order valence-electron chi connectivity index (χ2n) is 6.79. The SMILES string of the molecule is OC[C@@H]1C[C@H](O)[C@H](O)[C@@H](OCCNCCO[C@H]2O[C@H](CO)[C@@H](O)[C@H](O)[C@@H]2O)O1. The van der Waals surface area contributed by atoms with Crippen molar-refractivity contribution in [3.8, 4) is 0 Å². The van der Waals surface area contributed by atoms with E-state index in [9.17, 15) is 25.5 Å². The van der Waals surface area contributed by atoms with Crippen LogP contribution in [0.5, 0.6) is 0 Å². The van der Waals surface area contributed by atoms with Crippen molar-refractivity contribution in [3.05, 3.63) is 0 Å². The molecule has 166 valence electrons. The van der Waals surface area contributed by atoms with Crippen LogP contribution >= 0.6 is 0 Å². The van der Waals surface area contributed by atoms with Crippen LogP contribution < -0.4 is 5.32 Å². The molecule has 2 saturated heterocycles. The highest BCUT2D eigenvalue weighted by molar-refractivity contribution is 4.88. The molecule has 0 amide bonds. The van der Waals surface area contributed by atoms with Crippen molar-refractivity contribution >= 4 is 0 Å². The molecule has 12 heteroatoms. The molecule has 2 aliphatic heterocycles. The Morgan fingerprint density at radius 1 is 0.750 bits per heavy atom. The van der Waals surface area contributed by atoms with Gasteiger partial charge in [-0.15, -0.1) is 0 Å². The fourth-order valence-electron chi connectivity index (χ4n) is 3.00. The Balaban J connectivity index is 1.59. The maximum Gasteiger partial charge on any atom is 0.186 e. The van der Waals surface area contributed by atoms with Gasteiger partial charge in [0, 0.05) is 19.5 Å². The molecular formula is C16H31NO11. The Morgan fingerprint density at radius 3 is 1.93 bits per heavy atom.